The van der Waals surface area contributed by atoms with Crippen molar-refractivity contribution in [2.45, 2.75) is 19.8 Å². The second kappa shape index (κ2) is 3.87. The predicted octanol–water partition coefficient (Wildman–Crippen LogP) is 1.17. The Hall–Kier alpha value is -0.0800. The molecule has 1 aliphatic rings. The molecule has 0 radical (unpaired) electrons. The molecular formula is C6H16N2. The zero-order valence-electron chi connectivity index (χ0n) is 5.61. The molecule has 0 aromatic carbocycles. The van der Waals surface area contributed by atoms with Crippen molar-refractivity contribution in [3.63, 3.8) is 0 Å². The van der Waals surface area contributed by atoms with Gasteiger partial charge in [0.1, 0.15) is 0 Å². The van der Waals surface area contributed by atoms with Crippen LogP contribution in [0, 0.1) is 5.92 Å². The van der Waals surface area contributed by atoms with Gasteiger partial charge in [-0.2, -0.15) is 0 Å². The van der Waals surface area contributed by atoms with E-state index in [2.05, 4.69) is 12.2 Å². The maximum absolute atomic E-state index is 3.33. The number of piperidine rings is 1. The first-order valence-corrected chi connectivity index (χ1v) is 3.10. The van der Waals surface area contributed by atoms with E-state index in [0.717, 1.165) is 5.92 Å². The third-order valence-electron chi connectivity index (χ3n) is 1.54. The monoisotopic (exact) mass is 116 g/mol. The molecule has 1 saturated heterocycles. The first-order valence-electron chi connectivity index (χ1n) is 3.10. The zero-order chi connectivity index (χ0) is 5.11. The average Bonchev–Trinajstić information content (AvgIpc) is 1.69. The number of nitrogens with one attached hydrogen (secondary N) is 1. The molecule has 4 N–H and O–H groups in total. The van der Waals surface area contributed by atoms with Crippen molar-refractivity contribution >= 4 is 0 Å². The highest BCUT2D eigenvalue weighted by Gasteiger charge is 2.04. The maximum atomic E-state index is 3.33. The Morgan fingerprint density at radius 2 is 2.25 bits per heavy atom. The summed E-state index contributed by atoms with van der Waals surface area (Å²) in [6, 6.07) is 0. The molecule has 1 heterocycles. The maximum Gasteiger partial charge on any atom is -0.00231 e. The van der Waals surface area contributed by atoms with Crippen molar-refractivity contribution in [1.82, 2.24) is 11.5 Å². The van der Waals surface area contributed by atoms with E-state index in [9.17, 15) is 0 Å². The molecule has 1 unspecified atom stereocenters. The van der Waals surface area contributed by atoms with Crippen LogP contribution in [0.1, 0.15) is 19.8 Å². The normalized spacial score (nSPS) is 28.9. The van der Waals surface area contributed by atoms with Crippen LogP contribution in [0.5, 0.6) is 0 Å². The number of hydrogen-bond donors (Lipinski definition) is 2. The van der Waals surface area contributed by atoms with Crippen LogP contribution in [0.15, 0.2) is 0 Å². The highest BCUT2D eigenvalue weighted by molar-refractivity contribution is 4.63. The second-order valence-electron chi connectivity index (χ2n) is 2.45. The molecule has 0 amide bonds. The fourth-order valence-corrected chi connectivity index (χ4v) is 1.03. The van der Waals surface area contributed by atoms with Gasteiger partial charge in [-0.25, -0.2) is 0 Å². The lowest BCUT2D eigenvalue weighted by atomic mass is 10.0. The van der Waals surface area contributed by atoms with E-state index in [1.807, 2.05) is 0 Å². The van der Waals surface area contributed by atoms with Gasteiger partial charge in [-0.05, 0) is 31.8 Å². The van der Waals surface area contributed by atoms with Gasteiger partial charge in [-0.3, -0.25) is 0 Å². The minimum Gasteiger partial charge on any atom is -0.344 e. The summed E-state index contributed by atoms with van der Waals surface area (Å²) in [6.07, 6.45) is 2.80. The molecule has 1 atom stereocenters. The molecule has 0 saturated carbocycles. The summed E-state index contributed by atoms with van der Waals surface area (Å²) in [6.45, 7) is 4.77. The van der Waals surface area contributed by atoms with E-state index >= 15 is 0 Å². The first-order chi connectivity index (χ1) is 3.39. The lowest BCUT2D eigenvalue weighted by molar-refractivity contribution is 0.405. The summed E-state index contributed by atoms with van der Waals surface area (Å²) in [4.78, 5) is 0. The summed E-state index contributed by atoms with van der Waals surface area (Å²) in [5.41, 5.74) is 0. The van der Waals surface area contributed by atoms with Crippen LogP contribution in [-0.2, 0) is 0 Å². The zero-order valence-corrected chi connectivity index (χ0v) is 5.61. The molecular weight excluding hydrogens is 100 g/mol. The van der Waals surface area contributed by atoms with E-state index < -0.39 is 0 Å². The molecule has 50 valence electrons. The Balaban J connectivity index is 0.000000490. The Morgan fingerprint density at radius 3 is 2.50 bits per heavy atom. The fourth-order valence-electron chi connectivity index (χ4n) is 1.03. The van der Waals surface area contributed by atoms with Crippen molar-refractivity contribution in [3.8, 4) is 0 Å². The summed E-state index contributed by atoms with van der Waals surface area (Å²) in [5, 5.41) is 3.33. The Bertz CT molecular complexity index is 48.5. The molecule has 0 bridgehead atoms. The van der Waals surface area contributed by atoms with Gasteiger partial charge in [-0.15, -0.1) is 0 Å². The molecule has 1 rings (SSSR count). The molecule has 0 aromatic heterocycles. The van der Waals surface area contributed by atoms with Gasteiger partial charge in [0.2, 0.25) is 0 Å². The summed E-state index contributed by atoms with van der Waals surface area (Å²) >= 11 is 0. The van der Waals surface area contributed by atoms with Crippen molar-refractivity contribution in [2.75, 3.05) is 13.1 Å². The van der Waals surface area contributed by atoms with Crippen LogP contribution in [0.2, 0.25) is 0 Å². The van der Waals surface area contributed by atoms with E-state index in [-0.39, 0.29) is 6.15 Å². The number of rotatable bonds is 0. The minimum atomic E-state index is 0. The molecule has 2 nitrogen and oxygen atoms in total. The molecule has 0 spiro atoms. The van der Waals surface area contributed by atoms with Crippen LogP contribution in [0.3, 0.4) is 0 Å². The standard InChI is InChI=1S/C6H13N.H3N/c1-6-3-2-4-7-5-6;/h6-7H,2-5H2,1H3;1H3. The van der Waals surface area contributed by atoms with Crippen molar-refractivity contribution < 1.29 is 0 Å². The van der Waals surface area contributed by atoms with Crippen molar-refractivity contribution in [1.29, 1.82) is 0 Å². The lowest BCUT2D eigenvalue weighted by Gasteiger charge is -2.17. The highest BCUT2D eigenvalue weighted by Crippen LogP contribution is 2.06. The van der Waals surface area contributed by atoms with Crippen molar-refractivity contribution in [3.05, 3.63) is 0 Å². The van der Waals surface area contributed by atoms with Crippen LogP contribution in [0.4, 0.5) is 0 Å². The van der Waals surface area contributed by atoms with Gasteiger partial charge in [0.05, 0.1) is 0 Å². The smallest absolute Gasteiger partial charge is 0.00231 e. The summed E-state index contributed by atoms with van der Waals surface area (Å²) in [7, 11) is 0. The van der Waals surface area contributed by atoms with Crippen LogP contribution in [0.25, 0.3) is 0 Å². The highest BCUT2D eigenvalue weighted by atomic mass is 14.9. The Morgan fingerprint density at radius 1 is 1.50 bits per heavy atom. The SMILES string of the molecule is CC1CCCNC1.N. The Kier molecular flexibility index (Phi) is 3.83. The average molecular weight is 116 g/mol. The quantitative estimate of drug-likeness (QED) is 0.499. The van der Waals surface area contributed by atoms with Gasteiger partial charge in [-0.1, -0.05) is 6.92 Å². The molecule has 1 fully saturated rings. The molecule has 0 aliphatic carbocycles. The minimum absolute atomic E-state index is 0. The van der Waals surface area contributed by atoms with E-state index in [1.165, 1.54) is 25.9 Å². The third-order valence-corrected chi connectivity index (χ3v) is 1.54. The molecule has 8 heavy (non-hydrogen) atoms. The number of hydrogen-bond acceptors (Lipinski definition) is 2. The van der Waals surface area contributed by atoms with Crippen LogP contribution in [-0.4, -0.2) is 13.1 Å². The van der Waals surface area contributed by atoms with Gasteiger partial charge in [0, 0.05) is 0 Å². The molecule has 1 aliphatic heterocycles. The van der Waals surface area contributed by atoms with Gasteiger partial charge >= 0.3 is 0 Å². The van der Waals surface area contributed by atoms with Crippen LogP contribution < -0.4 is 11.5 Å². The predicted molar refractivity (Wildman–Crippen MR) is 36.3 cm³/mol. The first kappa shape index (κ1) is 7.92. The molecule has 2 heteroatoms. The van der Waals surface area contributed by atoms with E-state index in [0.29, 0.717) is 0 Å². The lowest BCUT2D eigenvalue weighted by Crippen LogP contribution is -2.27. The van der Waals surface area contributed by atoms with Crippen LogP contribution >= 0.6 is 0 Å². The fraction of sp³-hybridized carbons (Fsp3) is 1.00. The second-order valence-corrected chi connectivity index (χ2v) is 2.45. The van der Waals surface area contributed by atoms with Gasteiger partial charge in [0.15, 0.2) is 0 Å². The van der Waals surface area contributed by atoms with Gasteiger partial charge in [0.25, 0.3) is 0 Å². The van der Waals surface area contributed by atoms with Crippen molar-refractivity contribution in [2.24, 2.45) is 5.92 Å². The summed E-state index contributed by atoms with van der Waals surface area (Å²) in [5.74, 6) is 0.925. The van der Waals surface area contributed by atoms with E-state index in [4.69, 9.17) is 0 Å². The largest absolute Gasteiger partial charge is 0.344 e. The summed E-state index contributed by atoms with van der Waals surface area (Å²) < 4.78 is 0. The third kappa shape index (κ3) is 2.28. The molecule has 0 aromatic rings. The Labute approximate surface area is 51.2 Å². The topological polar surface area (TPSA) is 47.0 Å². The van der Waals surface area contributed by atoms with Gasteiger partial charge < -0.3 is 11.5 Å². The van der Waals surface area contributed by atoms with E-state index in [1.54, 1.807) is 0 Å².